The van der Waals surface area contributed by atoms with Crippen molar-refractivity contribution in [3.8, 4) is 5.75 Å². The third-order valence-electron chi connectivity index (χ3n) is 6.05. The number of rotatable bonds is 3. The Morgan fingerprint density at radius 1 is 0.765 bits per heavy atom. The van der Waals surface area contributed by atoms with Gasteiger partial charge in [0.2, 0.25) is 0 Å². The Morgan fingerprint density at radius 3 is 1.91 bits per heavy atom. The van der Waals surface area contributed by atoms with Gasteiger partial charge in [0.1, 0.15) is 0 Å². The van der Waals surface area contributed by atoms with Gasteiger partial charge in [-0.2, -0.15) is 0 Å². The standard InChI is InChI=1S/C29H31NO4/c1-28(2,3)21-16-20-19-10-8-9-11-22(19)30-24(20)25(23(21)29(4,5)6)34-27(32)18-14-12-17(13-15-18)26(31)33-7/h8-16,30H,1-7H3. The number of methoxy groups -OCH3 is 1. The van der Waals surface area contributed by atoms with Crippen LogP contribution in [0.25, 0.3) is 21.8 Å². The number of ether oxygens (including phenoxy) is 2. The fourth-order valence-corrected chi connectivity index (χ4v) is 4.41. The Bertz CT molecular complexity index is 1400. The smallest absolute Gasteiger partial charge is 0.343 e. The monoisotopic (exact) mass is 457 g/mol. The van der Waals surface area contributed by atoms with Crippen molar-refractivity contribution >= 4 is 33.7 Å². The number of hydrogen-bond donors (Lipinski definition) is 1. The van der Waals surface area contributed by atoms with E-state index in [1.165, 1.54) is 7.11 Å². The number of aromatic nitrogens is 1. The number of hydrogen-bond acceptors (Lipinski definition) is 4. The number of nitrogens with one attached hydrogen (secondary N) is 1. The average Bonchev–Trinajstić information content (AvgIpc) is 3.16. The Morgan fingerprint density at radius 2 is 1.35 bits per heavy atom. The summed E-state index contributed by atoms with van der Waals surface area (Å²) in [5.74, 6) is -0.381. The van der Waals surface area contributed by atoms with Crippen molar-refractivity contribution in [3.63, 3.8) is 0 Å². The molecule has 0 unspecified atom stereocenters. The quantitative estimate of drug-likeness (QED) is 0.268. The maximum atomic E-state index is 13.3. The van der Waals surface area contributed by atoms with Crippen molar-refractivity contribution in [2.75, 3.05) is 7.11 Å². The molecule has 0 aliphatic carbocycles. The SMILES string of the molecule is COC(=O)c1ccc(C(=O)Oc2c(C(C)(C)C)c(C(C)(C)C)cc3c2[nH]c2ccccc23)cc1. The zero-order chi connectivity index (χ0) is 24.8. The van der Waals surface area contributed by atoms with Crippen molar-refractivity contribution in [1.82, 2.24) is 4.98 Å². The van der Waals surface area contributed by atoms with Gasteiger partial charge < -0.3 is 14.5 Å². The van der Waals surface area contributed by atoms with E-state index in [1.54, 1.807) is 24.3 Å². The van der Waals surface area contributed by atoms with E-state index in [0.717, 1.165) is 32.9 Å². The van der Waals surface area contributed by atoms with Crippen LogP contribution in [-0.2, 0) is 15.6 Å². The average molecular weight is 458 g/mol. The van der Waals surface area contributed by atoms with E-state index in [2.05, 4.69) is 58.7 Å². The topological polar surface area (TPSA) is 68.4 Å². The molecular weight excluding hydrogens is 426 g/mol. The minimum absolute atomic E-state index is 0.168. The predicted molar refractivity (Wildman–Crippen MR) is 136 cm³/mol. The first kappa shape index (κ1) is 23.6. The van der Waals surface area contributed by atoms with E-state index in [4.69, 9.17) is 9.47 Å². The molecule has 0 bridgehead atoms. The zero-order valence-corrected chi connectivity index (χ0v) is 20.8. The highest BCUT2D eigenvalue weighted by Crippen LogP contribution is 2.46. The van der Waals surface area contributed by atoms with Gasteiger partial charge in [-0.15, -0.1) is 0 Å². The molecule has 3 aromatic carbocycles. The number of H-pyrrole nitrogens is 1. The third-order valence-corrected chi connectivity index (χ3v) is 6.05. The highest BCUT2D eigenvalue weighted by molar-refractivity contribution is 6.11. The molecule has 0 saturated carbocycles. The van der Waals surface area contributed by atoms with Crippen molar-refractivity contribution < 1.29 is 19.1 Å². The van der Waals surface area contributed by atoms with Crippen LogP contribution in [0.4, 0.5) is 0 Å². The van der Waals surface area contributed by atoms with Gasteiger partial charge >= 0.3 is 11.9 Å². The zero-order valence-electron chi connectivity index (χ0n) is 20.8. The van der Waals surface area contributed by atoms with E-state index in [-0.39, 0.29) is 10.8 Å². The number of fused-ring (bicyclic) bond motifs is 3. The Balaban J connectivity index is 1.94. The molecule has 34 heavy (non-hydrogen) atoms. The highest BCUT2D eigenvalue weighted by atomic mass is 16.5. The minimum atomic E-state index is -0.479. The van der Waals surface area contributed by atoms with Crippen molar-refractivity contribution in [2.45, 2.75) is 52.4 Å². The molecule has 4 aromatic rings. The van der Waals surface area contributed by atoms with E-state index in [9.17, 15) is 9.59 Å². The molecule has 0 aliphatic rings. The summed E-state index contributed by atoms with van der Waals surface area (Å²) in [7, 11) is 1.33. The molecule has 176 valence electrons. The van der Waals surface area contributed by atoms with Crippen LogP contribution in [0.15, 0.2) is 54.6 Å². The molecule has 0 radical (unpaired) electrons. The lowest BCUT2D eigenvalue weighted by Gasteiger charge is -2.32. The third kappa shape index (κ3) is 4.18. The summed E-state index contributed by atoms with van der Waals surface area (Å²) in [6.07, 6.45) is 0. The van der Waals surface area contributed by atoms with Crippen LogP contribution in [0.1, 0.15) is 73.4 Å². The number of esters is 2. The minimum Gasteiger partial charge on any atom is -0.465 e. The molecule has 0 amide bonds. The second-order valence-corrected chi connectivity index (χ2v) is 10.7. The van der Waals surface area contributed by atoms with E-state index >= 15 is 0 Å². The summed E-state index contributed by atoms with van der Waals surface area (Å²) < 4.78 is 10.9. The number of carbonyl (C=O) groups is 2. The van der Waals surface area contributed by atoms with Crippen molar-refractivity contribution in [2.24, 2.45) is 0 Å². The second-order valence-electron chi connectivity index (χ2n) is 10.7. The molecule has 5 nitrogen and oxygen atoms in total. The van der Waals surface area contributed by atoms with Crippen molar-refractivity contribution in [1.29, 1.82) is 0 Å². The van der Waals surface area contributed by atoms with Gasteiger partial charge in [-0.3, -0.25) is 0 Å². The molecule has 0 fully saturated rings. The van der Waals surface area contributed by atoms with Gasteiger partial charge in [-0.05, 0) is 52.8 Å². The first-order valence-corrected chi connectivity index (χ1v) is 11.4. The van der Waals surface area contributed by atoms with Crippen LogP contribution in [-0.4, -0.2) is 24.0 Å². The van der Waals surface area contributed by atoms with Crippen LogP contribution >= 0.6 is 0 Å². The summed E-state index contributed by atoms with van der Waals surface area (Å²) in [4.78, 5) is 28.6. The fourth-order valence-electron chi connectivity index (χ4n) is 4.41. The molecule has 1 heterocycles. The molecule has 0 saturated heterocycles. The van der Waals surface area contributed by atoms with Crippen LogP contribution in [0.5, 0.6) is 5.75 Å². The Kier molecular flexibility index (Phi) is 5.76. The van der Waals surface area contributed by atoms with Gasteiger partial charge in [0, 0.05) is 21.9 Å². The summed E-state index contributed by atoms with van der Waals surface area (Å²) in [5.41, 5.74) is 4.22. The molecule has 0 spiro atoms. The van der Waals surface area contributed by atoms with E-state index in [0.29, 0.717) is 16.9 Å². The van der Waals surface area contributed by atoms with Crippen molar-refractivity contribution in [3.05, 3.63) is 76.9 Å². The van der Waals surface area contributed by atoms with Gasteiger partial charge in [-0.25, -0.2) is 9.59 Å². The Labute approximate surface area is 200 Å². The number of aromatic amines is 1. The first-order chi connectivity index (χ1) is 15.9. The molecule has 4 rings (SSSR count). The van der Waals surface area contributed by atoms with Crippen LogP contribution in [0.3, 0.4) is 0 Å². The summed E-state index contributed by atoms with van der Waals surface area (Å²) in [5, 5.41) is 2.11. The maximum Gasteiger partial charge on any atom is 0.343 e. The molecule has 5 heteroatoms. The van der Waals surface area contributed by atoms with Gasteiger partial charge in [0.15, 0.2) is 5.75 Å². The maximum absolute atomic E-state index is 13.3. The molecule has 1 N–H and O–H groups in total. The Hall–Kier alpha value is -3.60. The summed E-state index contributed by atoms with van der Waals surface area (Å²) in [6.45, 7) is 12.9. The number of para-hydroxylation sites is 1. The van der Waals surface area contributed by atoms with Crippen LogP contribution in [0, 0.1) is 0 Å². The number of benzene rings is 3. The van der Waals surface area contributed by atoms with Crippen LogP contribution in [0.2, 0.25) is 0 Å². The largest absolute Gasteiger partial charge is 0.465 e. The predicted octanol–water partition coefficient (Wildman–Crippen LogP) is 6.92. The van der Waals surface area contributed by atoms with E-state index in [1.807, 2.05) is 18.2 Å². The van der Waals surface area contributed by atoms with Crippen LogP contribution < -0.4 is 4.74 Å². The lowest BCUT2D eigenvalue weighted by Crippen LogP contribution is -2.24. The molecule has 0 aliphatic heterocycles. The van der Waals surface area contributed by atoms with Gasteiger partial charge in [0.05, 0.1) is 23.8 Å². The molecular formula is C29H31NO4. The lowest BCUT2D eigenvalue weighted by atomic mass is 9.74. The molecule has 0 atom stereocenters. The summed E-state index contributed by atoms with van der Waals surface area (Å²) in [6, 6.07) is 16.6. The lowest BCUT2D eigenvalue weighted by molar-refractivity contribution is 0.0599. The van der Waals surface area contributed by atoms with Gasteiger partial charge in [-0.1, -0.05) is 59.7 Å². The summed E-state index contributed by atoms with van der Waals surface area (Å²) >= 11 is 0. The second kappa shape index (κ2) is 8.32. The fraction of sp³-hybridized carbons (Fsp3) is 0.310. The molecule has 1 aromatic heterocycles. The number of carbonyl (C=O) groups excluding carboxylic acids is 2. The normalized spacial score (nSPS) is 12.2. The van der Waals surface area contributed by atoms with Gasteiger partial charge in [0.25, 0.3) is 0 Å². The first-order valence-electron chi connectivity index (χ1n) is 11.4. The highest BCUT2D eigenvalue weighted by Gasteiger charge is 2.32. The van der Waals surface area contributed by atoms with E-state index < -0.39 is 11.9 Å².